The molecule has 3 rings (SSSR count). The minimum Gasteiger partial charge on any atom is -0.347 e. The second-order valence-electron chi connectivity index (χ2n) is 4.66. The molecule has 0 saturated carbocycles. The molecule has 1 aliphatic rings. The summed E-state index contributed by atoms with van der Waals surface area (Å²) in [5, 5.41) is 1.49. The number of hydrogen-bond acceptors (Lipinski definition) is 0. The number of aromatic nitrogens is 1. The maximum atomic E-state index is 2.42. The fraction of sp³-hybridized carbons (Fsp3) is 0.429. The number of rotatable bonds is 0. The molecule has 1 nitrogen and oxygen atoms in total. The van der Waals surface area contributed by atoms with E-state index in [-0.39, 0.29) is 0 Å². The van der Waals surface area contributed by atoms with Crippen LogP contribution in [0.3, 0.4) is 0 Å². The number of fused-ring (bicyclic) bond motifs is 3. The number of benzene rings is 1. The van der Waals surface area contributed by atoms with E-state index in [1.54, 1.807) is 11.3 Å². The molecule has 1 aromatic heterocycles. The lowest BCUT2D eigenvalue weighted by Crippen LogP contribution is -2.04. The molecular formula is C14H17N. The summed E-state index contributed by atoms with van der Waals surface area (Å²) < 4.78 is 2.42. The van der Waals surface area contributed by atoms with E-state index in [1.165, 1.54) is 42.1 Å². The smallest absolute Gasteiger partial charge is 0.0512 e. The average molecular weight is 199 g/mol. The Kier molecular flexibility index (Phi) is 1.88. The van der Waals surface area contributed by atoms with E-state index in [1.807, 2.05) is 0 Å². The van der Waals surface area contributed by atoms with Gasteiger partial charge >= 0.3 is 0 Å². The highest BCUT2D eigenvalue weighted by molar-refractivity contribution is 5.88. The van der Waals surface area contributed by atoms with Gasteiger partial charge in [0.25, 0.3) is 0 Å². The first kappa shape index (κ1) is 9.02. The predicted molar refractivity (Wildman–Crippen MR) is 64.3 cm³/mol. The average Bonchev–Trinajstić information content (AvgIpc) is 2.55. The molecule has 0 atom stereocenters. The van der Waals surface area contributed by atoms with E-state index in [9.17, 15) is 0 Å². The minimum atomic E-state index is 1.26. The van der Waals surface area contributed by atoms with Crippen molar-refractivity contribution >= 4 is 10.9 Å². The van der Waals surface area contributed by atoms with Gasteiger partial charge in [-0.1, -0.05) is 18.2 Å². The summed E-state index contributed by atoms with van der Waals surface area (Å²) in [6, 6.07) is 6.69. The maximum absolute atomic E-state index is 2.42. The van der Waals surface area contributed by atoms with Crippen molar-refractivity contribution in [3.8, 4) is 0 Å². The highest BCUT2D eigenvalue weighted by Gasteiger charge is 2.18. The van der Waals surface area contributed by atoms with Crippen molar-refractivity contribution in [1.29, 1.82) is 0 Å². The summed E-state index contributed by atoms with van der Waals surface area (Å²) in [7, 11) is 2.22. The molecule has 0 unspecified atom stereocenters. The van der Waals surface area contributed by atoms with Crippen LogP contribution in [0.15, 0.2) is 18.2 Å². The third-order valence-electron chi connectivity index (χ3n) is 3.74. The number of nitrogens with zero attached hydrogens (tertiary/aromatic N) is 1. The van der Waals surface area contributed by atoms with Crippen LogP contribution in [0, 0.1) is 6.92 Å². The van der Waals surface area contributed by atoms with Crippen molar-refractivity contribution in [3.63, 3.8) is 0 Å². The van der Waals surface area contributed by atoms with Gasteiger partial charge in [-0.05, 0) is 43.7 Å². The maximum Gasteiger partial charge on any atom is 0.0512 e. The molecule has 1 aromatic carbocycles. The lowest BCUT2D eigenvalue weighted by molar-refractivity contribution is 0.653. The van der Waals surface area contributed by atoms with Gasteiger partial charge in [0, 0.05) is 18.1 Å². The van der Waals surface area contributed by atoms with Gasteiger partial charge < -0.3 is 4.57 Å². The Labute approximate surface area is 90.7 Å². The monoisotopic (exact) mass is 199 g/mol. The summed E-state index contributed by atoms with van der Waals surface area (Å²) in [6.45, 7) is 2.22. The second kappa shape index (κ2) is 3.13. The van der Waals surface area contributed by atoms with Crippen LogP contribution >= 0.6 is 0 Å². The van der Waals surface area contributed by atoms with Gasteiger partial charge in [-0.2, -0.15) is 0 Å². The summed E-state index contributed by atoms with van der Waals surface area (Å²) in [5.41, 5.74) is 6.04. The molecule has 2 aromatic rings. The van der Waals surface area contributed by atoms with E-state index in [0.29, 0.717) is 0 Å². The van der Waals surface area contributed by atoms with Crippen LogP contribution in [-0.4, -0.2) is 4.57 Å². The molecule has 1 heteroatoms. The molecule has 0 bridgehead atoms. The lowest BCUT2D eigenvalue weighted by Gasteiger charge is -2.12. The quantitative estimate of drug-likeness (QED) is 0.613. The summed E-state index contributed by atoms with van der Waals surface area (Å²) >= 11 is 0. The van der Waals surface area contributed by atoms with Crippen molar-refractivity contribution in [3.05, 3.63) is 35.0 Å². The number of aryl methyl sites for hydroxylation is 3. The van der Waals surface area contributed by atoms with E-state index in [0.717, 1.165) is 0 Å². The first-order chi connectivity index (χ1) is 7.29. The van der Waals surface area contributed by atoms with E-state index >= 15 is 0 Å². The zero-order chi connectivity index (χ0) is 10.4. The molecule has 0 radical (unpaired) electrons. The van der Waals surface area contributed by atoms with E-state index in [2.05, 4.69) is 36.7 Å². The van der Waals surface area contributed by atoms with Crippen molar-refractivity contribution in [2.75, 3.05) is 0 Å². The van der Waals surface area contributed by atoms with E-state index < -0.39 is 0 Å². The third-order valence-corrected chi connectivity index (χ3v) is 3.74. The van der Waals surface area contributed by atoms with Gasteiger partial charge in [0.15, 0.2) is 0 Å². The molecule has 78 valence electrons. The standard InChI is InChI=1S/C14H17N/c1-10-6-5-8-12-11-7-3-4-9-13(11)15(2)14(10)12/h5-6,8H,3-4,7,9H2,1-2H3. The molecule has 1 aliphatic carbocycles. The molecule has 0 N–H and O–H groups in total. The summed E-state index contributed by atoms with van der Waals surface area (Å²) in [4.78, 5) is 0. The highest BCUT2D eigenvalue weighted by atomic mass is 15.0. The van der Waals surface area contributed by atoms with Crippen LogP contribution < -0.4 is 0 Å². The largest absolute Gasteiger partial charge is 0.347 e. The first-order valence-corrected chi connectivity index (χ1v) is 5.85. The Morgan fingerprint density at radius 2 is 1.93 bits per heavy atom. The van der Waals surface area contributed by atoms with Gasteiger partial charge in [-0.3, -0.25) is 0 Å². The highest BCUT2D eigenvalue weighted by Crippen LogP contribution is 2.32. The van der Waals surface area contributed by atoms with Crippen molar-refractivity contribution in [2.45, 2.75) is 32.6 Å². The zero-order valence-electron chi connectivity index (χ0n) is 9.51. The van der Waals surface area contributed by atoms with Crippen LogP contribution in [0.1, 0.15) is 29.7 Å². The van der Waals surface area contributed by atoms with Crippen LogP contribution in [0.4, 0.5) is 0 Å². The fourth-order valence-corrected chi connectivity index (χ4v) is 3.03. The Hall–Kier alpha value is -1.24. The van der Waals surface area contributed by atoms with Crippen LogP contribution in [0.5, 0.6) is 0 Å². The topological polar surface area (TPSA) is 4.93 Å². The van der Waals surface area contributed by atoms with Crippen molar-refractivity contribution in [2.24, 2.45) is 7.05 Å². The lowest BCUT2D eigenvalue weighted by atomic mass is 9.95. The van der Waals surface area contributed by atoms with Gasteiger partial charge in [-0.25, -0.2) is 0 Å². The Bertz CT molecular complexity index is 520. The molecule has 0 fully saturated rings. The van der Waals surface area contributed by atoms with Gasteiger partial charge in [-0.15, -0.1) is 0 Å². The van der Waals surface area contributed by atoms with Gasteiger partial charge in [0.05, 0.1) is 5.52 Å². The Morgan fingerprint density at radius 3 is 2.80 bits per heavy atom. The Balaban J connectivity index is 2.44. The minimum absolute atomic E-state index is 1.26. The third kappa shape index (κ3) is 1.16. The SMILES string of the molecule is Cc1cccc2c3c(n(C)c12)CCCC3. The molecule has 0 aliphatic heterocycles. The molecule has 0 spiro atoms. The van der Waals surface area contributed by atoms with Crippen molar-refractivity contribution < 1.29 is 0 Å². The molecule has 15 heavy (non-hydrogen) atoms. The summed E-state index contributed by atoms with van der Waals surface area (Å²) in [6.07, 6.45) is 5.26. The molecular weight excluding hydrogens is 182 g/mol. The normalized spacial score (nSPS) is 15.6. The number of hydrogen-bond donors (Lipinski definition) is 0. The van der Waals surface area contributed by atoms with Crippen LogP contribution in [0.2, 0.25) is 0 Å². The first-order valence-electron chi connectivity index (χ1n) is 5.85. The second-order valence-corrected chi connectivity index (χ2v) is 4.66. The fourth-order valence-electron chi connectivity index (χ4n) is 3.03. The summed E-state index contributed by atoms with van der Waals surface area (Å²) in [5.74, 6) is 0. The molecule has 1 heterocycles. The zero-order valence-corrected chi connectivity index (χ0v) is 9.51. The van der Waals surface area contributed by atoms with Crippen molar-refractivity contribution in [1.82, 2.24) is 4.57 Å². The number of para-hydroxylation sites is 1. The van der Waals surface area contributed by atoms with Gasteiger partial charge in [0.1, 0.15) is 0 Å². The van der Waals surface area contributed by atoms with Crippen LogP contribution in [0.25, 0.3) is 10.9 Å². The Morgan fingerprint density at radius 1 is 1.13 bits per heavy atom. The van der Waals surface area contributed by atoms with Gasteiger partial charge in [0.2, 0.25) is 0 Å². The van der Waals surface area contributed by atoms with Crippen LogP contribution in [-0.2, 0) is 19.9 Å². The molecule has 0 amide bonds. The van der Waals surface area contributed by atoms with E-state index in [4.69, 9.17) is 0 Å². The predicted octanol–water partition coefficient (Wildman–Crippen LogP) is 3.37. The molecule has 0 saturated heterocycles.